The first-order chi connectivity index (χ1) is 21.3. The van der Waals surface area contributed by atoms with E-state index in [0.717, 1.165) is 25.7 Å². The number of alkyl halides is 1. The highest BCUT2D eigenvalue weighted by Gasteiger charge is 2.71. The molecule has 0 radical (unpaired) electrons. The highest BCUT2D eigenvalue weighted by Crippen LogP contribution is 2.78. The average Bonchev–Trinajstić information content (AvgIpc) is 3.34. The summed E-state index contributed by atoms with van der Waals surface area (Å²) in [4.78, 5) is 36.5. The van der Waals surface area contributed by atoms with Gasteiger partial charge in [-0.2, -0.15) is 0 Å². The van der Waals surface area contributed by atoms with Crippen molar-refractivity contribution in [2.45, 2.75) is 139 Å². The number of aliphatic carboxylic acids is 1. The largest absolute Gasteiger partial charge is 0.481 e. The maximum atomic E-state index is 13.0. The van der Waals surface area contributed by atoms with Crippen molar-refractivity contribution >= 4 is 17.8 Å². The van der Waals surface area contributed by atoms with Crippen molar-refractivity contribution in [3.63, 3.8) is 0 Å². The number of fused-ring (bicyclic) bond motifs is 7. The van der Waals surface area contributed by atoms with E-state index in [-0.39, 0.29) is 39.6 Å². The van der Waals surface area contributed by atoms with E-state index in [1.807, 2.05) is 0 Å². The quantitative estimate of drug-likeness (QED) is 0.194. The standard InChI is InChI=1S/C39H62FNO5/c1-24(2)25-12-17-39(20-21-41-30(42)23-40)19-18-37(8)26(32(25)39)10-11-28-36(7)15-14-29(46-31(43)22-34(3,4)33(44)45)35(5,6)27(36)13-16-38(28,37)9/h25-29,32H,1,10-23H2,2-9H3,(H,41,42)(H,44,45)/t25-,26+,27-,28+,29-,32+,36-,37+,38+,39+/m0/s1. The fourth-order valence-electron chi connectivity index (χ4n) is 13.0. The SMILES string of the molecule is C=C(C)[C@@H]1CC[C@]2(CCNC(=O)CF)CC[C@]3(C)[C@H](CC[C@@H]4[C@@]5(C)CC[C@H](OC(=O)CC(C)(C)C(=O)O)C(C)(C)[C@@H]5CC[C@]43C)[C@@H]12. The summed E-state index contributed by atoms with van der Waals surface area (Å²) in [6.45, 7) is 21.9. The first-order valence-electron chi connectivity index (χ1n) is 18.2. The third-order valence-electron chi connectivity index (χ3n) is 15.7. The van der Waals surface area contributed by atoms with Crippen LogP contribution in [0.2, 0.25) is 0 Å². The average molecular weight is 644 g/mol. The maximum Gasteiger partial charge on any atom is 0.309 e. The molecule has 0 saturated heterocycles. The molecule has 260 valence electrons. The molecule has 0 spiro atoms. The normalized spacial score (nSPS) is 42.9. The van der Waals surface area contributed by atoms with Crippen LogP contribution >= 0.6 is 0 Å². The topological polar surface area (TPSA) is 92.7 Å². The van der Waals surface area contributed by atoms with Gasteiger partial charge in [-0.25, -0.2) is 4.39 Å². The van der Waals surface area contributed by atoms with Gasteiger partial charge in [0.2, 0.25) is 0 Å². The van der Waals surface area contributed by atoms with Crippen LogP contribution in [0, 0.1) is 62.1 Å². The van der Waals surface area contributed by atoms with E-state index in [2.05, 4.69) is 53.4 Å². The predicted molar refractivity (Wildman–Crippen MR) is 178 cm³/mol. The molecule has 10 atom stereocenters. The molecule has 0 bridgehead atoms. The summed E-state index contributed by atoms with van der Waals surface area (Å²) in [7, 11) is 0. The Morgan fingerprint density at radius 2 is 1.61 bits per heavy atom. The zero-order valence-corrected chi connectivity index (χ0v) is 30.0. The number of allylic oxidation sites excluding steroid dienone is 1. The summed E-state index contributed by atoms with van der Waals surface area (Å²) in [6, 6.07) is 0. The van der Waals surface area contributed by atoms with Crippen molar-refractivity contribution in [1.82, 2.24) is 5.32 Å². The molecule has 5 saturated carbocycles. The molecule has 0 heterocycles. The Morgan fingerprint density at radius 1 is 0.913 bits per heavy atom. The summed E-state index contributed by atoms with van der Waals surface area (Å²) in [5.41, 5.74) is 0.680. The molecule has 0 aromatic rings. The predicted octanol–water partition coefficient (Wildman–Crippen LogP) is 8.53. The van der Waals surface area contributed by atoms with Crippen LogP contribution in [0.4, 0.5) is 4.39 Å². The van der Waals surface area contributed by atoms with E-state index in [1.165, 1.54) is 50.5 Å². The highest BCUT2D eigenvalue weighted by molar-refractivity contribution is 5.81. The van der Waals surface area contributed by atoms with E-state index in [0.29, 0.717) is 36.1 Å². The lowest BCUT2D eigenvalue weighted by molar-refractivity contribution is -0.250. The summed E-state index contributed by atoms with van der Waals surface area (Å²) in [6.07, 6.45) is 11.9. The molecule has 0 unspecified atom stereocenters. The minimum atomic E-state index is -1.15. The van der Waals surface area contributed by atoms with E-state index < -0.39 is 29.9 Å². The lowest BCUT2D eigenvalue weighted by Crippen LogP contribution is -2.66. The summed E-state index contributed by atoms with van der Waals surface area (Å²) in [5.74, 6) is 0.785. The Hall–Kier alpha value is -1.92. The number of rotatable bonds is 9. The monoisotopic (exact) mass is 643 g/mol. The third-order valence-corrected chi connectivity index (χ3v) is 15.7. The lowest BCUT2D eigenvalue weighted by Gasteiger charge is -2.73. The number of ether oxygens (including phenoxy) is 1. The van der Waals surface area contributed by atoms with Gasteiger partial charge in [0.25, 0.3) is 5.91 Å². The summed E-state index contributed by atoms with van der Waals surface area (Å²) < 4.78 is 19.1. The number of hydrogen-bond donors (Lipinski definition) is 2. The van der Waals surface area contributed by atoms with E-state index in [4.69, 9.17) is 4.74 Å². The van der Waals surface area contributed by atoms with Crippen LogP contribution in [-0.4, -0.2) is 42.3 Å². The molecule has 5 fully saturated rings. The Kier molecular flexibility index (Phi) is 9.15. The zero-order valence-electron chi connectivity index (χ0n) is 30.0. The van der Waals surface area contributed by atoms with Crippen LogP contribution in [0.25, 0.3) is 0 Å². The highest BCUT2D eigenvalue weighted by atomic mass is 19.1. The van der Waals surface area contributed by atoms with Gasteiger partial charge in [-0.3, -0.25) is 14.4 Å². The first-order valence-corrected chi connectivity index (χ1v) is 18.2. The van der Waals surface area contributed by atoms with Gasteiger partial charge >= 0.3 is 11.9 Å². The number of carbonyl (C=O) groups is 3. The second-order valence-corrected chi connectivity index (χ2v) is 18.5. The molecular weight excluding hydrogens is 581 g/mol. The molecule has 1 amide bonds. The van der Waals surface area contributed by atoms with Crippen LogP contribution in [0.3, 0.4) is 0 Å². The van der Waals surface area contributed by atoms with Crippen molar-refractivity contribution < 1.29 is 28.6 Å². The minimum absolute atomic E-state index is 0.118. The fourth-order valence-corrected chi connectivity index (χ4v) is 13.0. The Labute approximate surface area is 277 Å². The van der Waals surface area contributed by atoms with Gasteiger partial charge in [0.1, 0.15) is 6.10 Å². The second kappa shape index (κ2) is 11.9. The third kappa shape index (κ3) is 5.36. The van der Waals surface area contributed by atoms with Gasteiger partial charge in [-0.15, -0.1) is 0 Å². The van der Waals surface area contributed by atoms with Crippen LogP contribution in [0.5, 0.6) is 0 Å². The zero-order chi connectivity index (χ0) is 34.1. The molecule has 46 heavy (non-hydrogen) atoms. The maximum absolute atomic E-state index is 13.0. The van der Waals surface area contributed by atoms with Gasteiger partial charge in [-0.1, -0.05) is 46.8 Å². The second-order valence-electron chi connectivity index (χ2n) is 18.5. The molecule has 0 aromatic carbocycles. The van der Waals surface area contributed by atoms with Crippen LogP contribution in [0.1, 0.15) is 132 Å². The molecule has 6 nitrogen and oxygen atoms in total. The molecule has 7 heteroatoms. The number of carbonyl (C=O) groups excluding carboxylic acids is 2. The molecule has 5 aliphatic rings. The number of nitrogens with one attached hydrogen (secondary N) is 1. The van der Waals surface area contributed by atoms with Crippen molar-refractivity contribution in [1.29, 1.82) is 0 Å². The van der Waals surface area contributed by atoms with Gasteiger partial charge in [-0.05, 0) is 143 Å². The fraction of sp³-hybridized carbons (Fsp3) is 0.872. The number of amides is 1. The molecular formula is C39H62FNO5. The number of esters is 1. The van der Waals surface area contributed by atoms with Crippen molar-refractivity contribution in [3.8, 4) is 0 Å². The number of hydrogen-bond acceptors (Lipinski definition) is 4. The molecule has 5 aliphatic carbocycles. The Balaban J connectivity index is 1.39. The van der Waals surface area contributed by atoms with Crippen LogP contribution in [0.15, 0.2) is 12.2 Å². The first kappa shape index (κ1) is 35.4. The number of carboxylic acids is 1. The van der Waals surface area contributed by atoms with Crippen molar-refractivity contribution in [3.05, 3.63) is 12.2 Å². The summed E-state index contributed by atoms with van der Waals surface area (Å²) in [5, 5.41) is 12.4. The van der Waals surface area contributed by atoms with Gasteiger partial charge < -0.3 is 15.2 Å². The molecule has 5 rings (SSSR count). The van der Waals surface area contributed by atoms with E-state index in [1.54, 1.807) is 13.8 Å². The van der Waals surface area contributed by atoms with Gasteiger partial charge in [0, 0.05) is 12.0 Å². The number of carboxylic acid groups (broad SMARTS) is 1. The Morgan fingerprint density at radius 3 is 2.24 bits per heavy atom. The molecule has 0 aromatic heterocycles. The van der Waals surface area contributed by atoms with Gasteiger partial charge in [0.05, 0.1) is 11.8 Å². The lowest BCUT2D eigenvalue weighted by atomic mass is 9.32. The van der Waals surface area contributed by atoms with Crippen LogP contribution in [-0.2, 0) is 19.1 Å². The van der Waals surface area contributed by atoms with Crippen molar-refractivity contribution in [2.24, 2.45) is 62.1 Å². The number of halogens is 1. The minimum Gasteiger partial charge on any atom is -0.481 e. The van der Waals surface area contributed by atoms with Gasteiger partial charge in [0.15, 0.2) is 6.67 Å². The van der Waals surface area contributed by atoms with Crippen molar-refractivity contribution in [2.75, 3.05) is 13.2 Å². The molecule has 0 aliphatic heterocycles. The Bertz CT molecular complexity index is 1240. The van der Waals surface area contributed by atoms with Crippen LogP contribution < -0.4 is 5.32 Å². The summed E-state index contributed by atoms with van der Waals surface area (Å²) >= 11 is 0. The molecule has 2 N–H and O–H groups in total. The van der Waals surface area contributed by atoms with E-state index >= 15 is 0 Å². The smallest absolute Gasteiger partial charge is 0.309 e. The van der Waals surface area contributed by atoms with E-state index in [9.17, 15) is 23.9 Å².